The van der Waals surface area contributed by atoms with Crippen LogP contribution >= 0.6 is 12.4 Å². The predicted octanol–water partition coefficient (Wildman–Crippen LogP) is 0.507. The Kier molecular flexibility index (Phi) is 4.19. The zero-order valence-corrected chi connectivity index (χ0v) is 6.58. The van der Waals surface area contributed by atoms with Crippen molar-refractivity contribution in [2.75, 3.05) is 7.05 Å². The summed E-state index contributed by atoms with van der Waals surface area (Å²) in [4.78, 5) is 0. The van der Waals surface area contributed by atoms with Crippen LogP contribution in [0.15, 0.2) is 0 Å². The molecule has 1 fully saturated rings. The Labute approximate surface area is 62.6 Å². The molecule has 3 heteroatoms. The van der Waals surface area contributed by atoms with E-state index in [9.17, 15) is 0 Å². The largest absolute Gasteiger partial charge is 0.328 e. The Hall–Kier alpha value is 0.210. The highest BCUT2D eigenvalue weighted by atomic mass is 35.5. The van der Waals surface area contributed by atoms with Crippen LogP contribution < -0.4 is 11.1 Å². The molecule has 1 saturated carbocycles. The van der Waals surface area contributed by atoms with Crippen molar-refractivity contribution in [2.24, 2.45) is 5.73 Å². The maximum absolute atomic E-state index is 5.66. The van der Waals surface area contributed by atoms with Crippen LogP contribution in [0.3, 0.4) is 0 Å². The van der Waals surface area contributed by atoms with Crippen molar-refractivity contribution >= 4 is 12.4 Å². The third-order valence-electron chi connectivity index (χ3n) is 1.88. The van der Waals surface area contributed by atoms with E-state index in [1.165, 1.54) is 12.8 Å². The lowest BCUT2D eigenvalue weighted by Gasteiger charge is -2.04. The van der Waals surface area contributed by atoms with Crippen molar-refractivity contribution in [1.29, 1.82) is 0 Å². The van der Waals surface area contributed by atoms with Gasteiger partial charge in [-0.15, -0.1) is 12.4 Å². The molecule has 0 aromatic carbocycles. The number of nitrogens with two attached hydrogens (primary N) is 1. The summed E-state index contributed by atoms with van der Waals surface area (Å²) in [6.07, 6.45) is 3.62. The fourth-order valence-corrected chi connectivity index (χ4v) is 1.28. The summed E-state index contributed by atoms with van der Waals surface area (Å²) in [5.74, 6) is 0. The molecule has 0 saturated heterocycles. The molecule has 1 aliphatic carbocycles. The van der Waals surface area contributed by atoms with Gasteiger partial charge in [-0.25, -0.2) is 0 Å². The lowest BCUT2D eigenvalue weighted by molar-refractivity contribution is 0.570. The first-order chi connectivity index (χ1) is 3.83. The molecule has 0 heterocycles. The van der Waals surface area contributed by atoms with Gasteiger partial charge in [-0.05, 0) is 26.3 Å². The quantitative estimate of drug-likeness (QED) is 0.572. The fraction of sp³-hybridized carbons (Fsp3) is 1.00. The van der Waals surface area contributed by atoms with E-state index in [1.807, 2.05) is 7.05 Å². The predicted molar refractivity (Wildman–Crippen MR) is 41.9 cm³/mol. The van der Waals surface area contributed by atoms with Gasteiger partial charge in [0.15, 0.2) is 0 Å². The van der Waals surface area contributed by atoms with Gasteiger partial charge in [-0.1, -0.05) is 0 Å². The summed E-state index contributed by atoms with van der Waals surface area (Å²) in [5, 5.41) is 3.21. The van der Waals surface area contributed by atoms with Crippen LogP contribution in [0.4, 0.5) is 0 Å². The molecule has 56 valence electrons. The van der Waals surface area contributed by atoms with Gasteiger partial charge in [-0.3, -0.25) is 0 Å². The fourth-order valence-electron chi connectivity index (χ4n) is 1.28. The number of hydrogen-bond acceptors (Lipinski definition) is 2. The Morgan fingerprint density at radius 2 is 2.11 bits per heavy atom. The first-order valence-electron chi connectivity index (χ1n) is 3.26. The van der Waals surface area contributed by atoms with Crippen LogP contribution in [0.5, 0.6) is 0 Å². The van der Waals surface area contributed by atoms with E-state index in [2.05, 4.69) is 5.32 Å². The van der Waals surface area contributed by atoms with Crippen molar-refractivity contribution in [3.8, 4) is 0 Å². The lowest BCUT2D eigenvalue weighted by atomic mass is 10.2. The molecule has 1 rings (SSSR count). The third-order valence-corrected chi connectivity index (χ3v) is 1.88. The van der Waals surface area contributed by atoms with Crippen molar-refractivity contribution in [3.63, 3.8) is 0 Å². The molecule has 0 amide bonds. The summed E-state index contributed by atoms with van der Waals surface area (Å²) < 4.78 is 0. The van der Waals surface area contributed by atoms with Crippen molar-refractivity contribution < 1.29 is 0 Å². The van der Waals surface area contributed by atoms with Crippen LogP contribution in [0.2, 0.25) is 0 Å². The van der Waals surface area contributed by atoms with Crippen molar-refractivity contribution in [2.45, 2.75) is 31.3 Å². The van der Waals surface area contributed by atoms with Gasteiger partial charge in [-0.2, -0.15) is 0 Å². The van der Waals surface area contributed by atoms with E-state index in [0.29, 0.717) is 12.1 Å². The second kappa shape index (κ2) is 4.09. The maximum Gasteiger partial charge on any atom is 0.00793 e. The highest BCUT2D eigenvalue weighted by Crippen LogP contribution is 2.15. The highest BCUT2D eigenvalue weighted by Gasteiger charge is 2.18. The molecule has 0 radical (unpaired) electrons. The van der Waals surface area contributed by atoms with E-state index in [0.717, 1.165) is 6.42 Å². The smallest absolute Gasteiger partial charge is 0.00793 e. The average molecular weight is 151 g/mol. The Bertz CT molecular complexity index is 77.5. The van der Waals surface area contributed by atoms with Gasteiger partial charge in [0.2, 0.25) is 0 Å². The molecule has 2 unspecified atom stereocenters. The zero-order valence-electron chi connectivity index (χ0n) is 5.76. The summed E-state index contributed by atoms with van der Waals surface area (Å²) in [6.45, 7) is 0. The van der Waals surface area contributed by atoms with Crippen LogP contribution in [-0.2, 0) is 0 Å². The number of rotatable bonds is 1. The molecule has 0 aromatic rings. The Morgan fingerprint density at radius 3 is 2.33 bits per heavy atom. The summed E-state index contributed by atoms with van der Waals surface area (Å²) in [5.41, 5.74) is 5.66. The third kappa shape index (κ3) is 2.52. The van der Waals surface area contributed by atoms with Crippen LogP contribution in [-0.4, -0.2) is 19.1 Å². The molecule has 1 aliphatic rings. The van der Waals surface area contributed by atoms with Gasteiger partial charge in [0.1, 0.15) is 0 Å². The molecule has 3 N–H and O–H groups in total. The lowest BCUT2D eigenvalue weighted by Crippen LogP contribution is -2.24. The van der Waals surface area contributed by atoms with E-state index >= 15 is 0 Å². The number of hydrogen-bond donors (Lipinski definition) is 2. The molecular formula is C6H15ClN2. The standard InChI is InChI=1S/C6H14N2.ClH/c1-8-6-3-2-5(7)4-6;/h5-6,8H,2-4,7H2,1H3;1H. The first kappa shape index (κ1) is 9.21. The van der Waals surface area contributed by atoms with E-state index in [4.69, 9.17) is 5.73 Å². The van der Waals surface area contributed by atoms with E-state index in [-0.39, 0.29) is 12.4 Å². The monoisotopic (exact) mass is 150 g/mol. The molecular weight excluding hydrogens is 136 g/mol. The SMILES string of the molecule is CNC1CCC(N)C1.Cl. The van der Waals surface area contributed by atoms with Crippen molar-refractivity contribution in [1.82, 2.24) is 5.32 Å². The van der Waals surface area contributed by atoms with Gasteiger partial charge >= 0.3 is 0 Å². The highest BCUT2D eigenvalue weighted by molar-refractivity contribution is 5.85. The molecule has 0 aliphatic heterocycles. The van der Waals surface area contributed by atoms with Gasteiger partial charge in [0.25, 0.3) is 0 Å². The normalized spacial score (nSPS) is 34.0. The minimum Gasteiger partial charge on any atom is -0.328 e. The molecule has 2 nitrogen and oxygen atoms in total. The number of halogens is 1. The molecule has 0 spiro atoms. The van der Waals surface area contributed by atoms with Gasteiger partial charge < -0.3 is 11.1 Å². The number of nitrogens with one attached hydrogen (secondary N) is 1. The zero-order chi connectivity index (χ0) is 5.98. The minimum absolute atomic E-state index is 0. The van der Waals surface area contributed by atoms with E-state index < -0.39 is 0 Å². The first-order valence-corrected chi connectivity index (χ1v) is 3.26. The van der Waals surface area contributed by atoms with Crippen molar-refractivity contribution in [3.05, 3.63) is 0 Å². The van der Waals surface area contributed by atoms with Gasteiger partial charge in [0, 0.05) is 12.1 Å². The average Bonchev–Trinajstić information content (AvgIpc) is 2.14. The van der Waals surface area contributed by atoms with E-state index in [1.54, 1.807) is 0 Å². The molecule has 0 bridgehead atoms. The molecule has 2 atom stereocenters. The Balaban J connectivity index is 0.000000640. The summed E-state index contributed by atoms with van der Waals surface area (Å²) in [6, 6.07) is 1.16. The summed E-state index contributed by atoms with van der Waals surface area (Å²) in [7, 11) is 2.00. The molecule has 9 heavy (non-hydrogen) atoms. The van der Waals surface area contributed by atoms with Crippen LogP contribution in [0, 0.1) is 0 Å². The summed E-state index contributed by atoms with van der Waals surface area (Å²) >= 11 is 0. The maximum atomic E-state index is 5.66. The van der Waals surface area contributed by atoms with Crippen LogP contribution in [0.25, 0.3) is 0 Å². The topological polar surface area (TPSA) is 38.0 Å². The van der Waals surface area contributed by atoms with Crippen LogP contribution in [0.1, 0.15) is 19.3 Å². The minimum atomic E-state index is 0. The molecule has 0 aromatic heterocycles. The second-order valence-electron chi connectivity index (χ2n) is 2.56. The second-order valence-corrected chi connectivity index (χ2v) is 2.56. The van der Waals surface area contributed by atoms with Gasteiger partial charge in [0.05, 0.1) is 0 Å². The Morgan fingerprint density at radius 1 is 1.44 bits per heavy atom.